The van der Waals surface area contributed by atoms with Crippen molar-refractivity contribution in [1.29, 1.82) is 0 Å². The van der Waals surface area contributed by atoms with Crippen LogP contribution in [0.25, 0.3) is 11.3 Å². The summed E-state index contributed by atoms with van der Waals surface area (Å²) in [6, 6.07) is 12.8. The maximum atomic E-state index is 13.5. The lowest BCUT2D eigenvalue weighted by Crippen LogP contribution is -2.32. The molecule has 1 aromatic heterocycles. The molecule has 1 amide bonds. The maximum Gasteiger partial charge on any atom is 0.411 e. The normalized spacial score (nSPS) is 10.8. The smallest absolute Gasteiger partial charge is 0.411 e. The highest BCUT2D eigenvalue weighted by Crippen LogP contribution is 2.20. The van der Waals surface area contributed by atoms with Gasteiger partial charge in [-0.15, -0.1) is 0 Å². The van der Waals surface area contributed by atoms with Gasteiger partial charge in [0.15, 0.2) is 11.6 Å². The molecule has 0 unspecified atom stereocenters. The topological polar surface area (TPSA) is 84.7 Å². The van der Waals surface area contributed by atoms with Crippen LogP contribution in [0.15, 0.2) is 59.4 Å². The molecule has 0 atom stereocenters. The summed E-state index contributed by atoms with van der Waals surface area (Å²) >= 11 is 0. The Hall–Kier alpha value is -3.59. The number of carboxylic acid groups (broad SMARTS) is 1. The molecule has 0 radical (unpaired) electrons. The van der Waals surface area contributed by atoms with Gasteiger partial charge in [-0.3, -0.25) is 9.69 Å². The van der Waals surface area contributed by atoms with Crippen molar-refractivity contribution in [3.05, 3.63) is 82.1 Å². The third-order valence-corrected chi connectivity index (χ3v) is 4.39. The average molecular weight is 415 g/mol. The molecule has 3 aromatic rings. The molecule has 7 nitrogen and oxygen atoms in total. The summed E-state index contributed by atoms with van der Waals surface area (Å²) in [5, 5.41) is 13.7. The fraction of sp³-hybridized carbons (Fsp3) is 0.190. The molecular weight excluding hydrogens is 396 g/mol. The van der Waals surface area contributed by atoms with Crippen LogP contribution < -0.4 is 10.5 Å². The molecular formula is C21H19F2N3O4. The maximum absolute atomic E-state index is 13.5. The Balaban J connectivity index is 1.90. The number of benzene rings is 2. The summed E-state index contributed by atoms with van der Waals surface area (Å²) in [5.41, 5.74) is 1.32. The number of hydrogen-bond donors (Lipinski definition) is 1. The Labute approximate surface area is 170 Å². The van der Waals surface area contributed by atoms with E-state index in [9.17, 15) is 23.5 Å². The van der Waals surface area contributed by atoms with Gasteiger partial charge in [0.25, 0.3) is 5.56 Å². The second kappa shape index (κ2) is 9.27. The van der Waals surface area contributed by atoms with Gasteiger partial charge in [-0.05, 0) is 42.0 Å². The molecule has 1 heterocycles. The largest absolute Gasteiger partial charge is 0.465 e. The van der Waals surface area contributed by atoms with E-state index in [-0.39, 0.29) is 25.3 Å². The van der Waals surface area contributed by atoms with Crippen LogP contribution in [0.2, 0.25) is 0 Å². The molecule has 3 rings (SSSR count). The van der Waals surface area contributed by atoms with Gasteiger partial charge in [0.2, 0.25) is 0 Å². The summed E-state index contributed by atoms with van der Waals surface area (Å²) in [6.07, 6.45) is -1.13. The number of aromatic nitrogens is 2. The van der Waals surface area contributed by atoms with Crippen LogP contribution in [0.1, 0.15) is 5.56 Å². The van der Waals surface area contributed by atoms with Crippen molar-refractivity contribution >= 4 is 11.8 Å². The highest BCUT2D eigenvalue weighted by atomic mass is 19.2. The van der Waals surface area contributed by atoms with E-state index in [0.717, 1.165) is 17.0 Å². The van der Waals surface area contributed by atoms with E-state index < -0.39 is 17.7 Å². The summed E-state index contributed by atoms with van der Waals surface area (Å²) in [4.78, 5) is 24.9. The first-order valence-corrected chi connectivity index (χ1v) is 9.01. The minimum atomic E-state index is -1.13. The molecule has 1 N–H and O–H groups in total. The van der Waals surface area contributed by atoms with Gasteiger partial charge in [0.1, 0.15) is 0 Å². The Morgan fingerprint density at radius 1 is 1.13 bits per heavy atom. The van der Waals surface area contributed by atoms with E-state index in [1.807, 2.05) is 0 Å². The van der Waals surface area contributed by atoms with Crippen LogP contribution in [0.3, 0.4) is 0 Å². The molecule has 30 heavy (non-hydrogen) atoms. The standard InChI is InChI=1S/C21H19F2N3O4/c1-30-10-9-25(21(28)29)16-4-2-3-14(11-16)13-26-20(27)8-7-19(24-26)15-5-6-17(22)18(23)12-15/h2-8,11-12H,9-10,13H2,1H3,(H,28,29). The van der Waals surface area contributed by atoms with Crippen LogP contribution in [0, 0.1) is 11.6 Å². The van der Waals surface area contributed by atoms with Crippen LogP contribution in [0.5, 0.6) is 0 Å². The van der Waals surface area contributed by atoms with Gasteiger partial charge in [0.05, 0.1) is 25.4 Å². The van der Waals surface area contributed by atoms with Gasteiger partial charge in [-0.1, -0.05) is 12.1 Å². The minimum Gasteiger partial charge on any atom is -0.465 e. The lowest BCUT2D eigenvalue weighted by Gasteiger charge is -2.19. The van der Waals surface area contributed by atoms with Gasteiger partial charge in [-0.2, -0.15) is 5.10 Å². The third kappa shape index (κ3) is 4.87. The van der Waals surface area contributed by atoms with Crippen molar-refractivity contribution in [2.75, 3.05) is 25.2 Å². The molecule has 9 heteroatoms. The number of carbonyl (C=O) groups is 1. The number of anilines is 1. The van der Waals surface area contributed by atoms with E-state index in [0.29, 0.717) is 22.5 Å². The molecule has 0 saturated carbocycles. The Kier molecular flexibility index (Phi) is 6.53. The number of halogens is 2. The van der Waals surface area contributed by atoms with E-state index in [2.05, 4.69) is 5.10 Å². The van der Waals surface area contributed by atoms with Crippen LogP contribution in [-0.4, -0.2) is 41.2 Å². The van der Waals surface area contributed by atoms with Gasteiger partial charge >= 0.3 is 6.09 Å². The second-order valence-corrected chi connectivity index (χ2v) is 6.44. The van der Waals surface area contributed by atoms with E-state index in [1.54, 1.807) is 24.3 Å². The SMILES string of the molecule is COCCN(C(=O)O)c1cccc(Cn2nc(-c3ccc(F)c(F)c3)ccc2=O)c1. The molecule has 0 bridgehead atoms. The van der Waals surface area contributed by atoms with Crippen molar-refractivity contribution in [3.63, 3.8) is 0 Å². The van der Waals surface area contributed by atoms with Crippen molar-refractivity contribution in [3.8, 4) is 11.3 Å². The summed E-state index contributed by atoms with van der Waals surface area (Å²) in [5.74, 6) is -1.98. The van der Waals surface area contributed by atoms with Crippen LogP contribution >= 0.6 is 0 Å². The molecule has 0 spiro atoms. The second-order valence-electron chi connectivity index (χ2n) is 6.44. The lowest BCUT2D eigenvalue weighted by molar-refractivity contribution is 0.186. The van der Waals surface area contributed by atoms with Crippen LogP contribution in [-0.2, 0) is 11.3 Å². The Bertz CT molecular complexity index is 1120. The third-order valence-electron chi connectivity index (χ3n) is 4.39. The molecule has 0 saturated heterocycles. The first kappa shape index (κ1) is 21.1. The quantitative estimate of drug-likeness (QED) is 0.640. The number of rotatable bonds is 7. The molecule has 0 aliphatic carbocycles. The predicted octanol–water partition coefficient (Wildman–Crippen LogP) is 3.37. The molecule has 0 aliphatic rings. The van der Waals surface area contributed by atoms with Crippen molar-refractivity contribution < 1.29 is 23.4 Å². The molecule has 156 valence electrons. The van der Waals surface area contributed by atoms with E-state index in [1.165, 1.54) is 30.0 Å². The fourth-order valence-corrected chi connectivity index (χ4v) is 2.89. The number of hydrogen-bond acceptors (Lipinski definition) is 4. The zero-order chi connectivity index (χ0) is 21.7. The van der Waals surface area contributed by atoms with Crippen molar-refractivity contribution in [2.45, 2.75) is 6.54 Å². The molecule has 0 fully saturated rings. The van der Waals surface area contributed by atoms with E-state index >= 15 is 0 Å². The predicted molar refractivity (Wildman–Crippen MR) is 107 cm³/mol. The van der Waals surface area contributed by atoms with Crippen LogP contribution in [0.4, 0.5) is 19.3 Å². The Morgan fingerprint density at radius 2 is 1.93 bits per heavy atom. The van der Waals surface area contributed by atoms with Crippen molar-refractivity contribution in [2.24, 2.45) is 0 Å². The number of nitrogens with zero attached hydrogens (tertiary/aromatic N) is 3. The minimum absolute atomic E-state index is 0.0714. The van der Waals surface area contributed by atoms with Gasteiger partial charge in [0, 0.05) is 24.4 Å². The lowest BCUT2D eigenvalue weighted by atomic mass is 10.1. The zero-order valence-corrected chi connectivity index (χ0v) is 16.1. The Morgan fingerprint density at radius 3 is 2.63 bits per heavy atom. The molecule has 0 aliphatic heterocycles. The monoisotopic (exact) mass is 415 g/mol. The number of methoxy groups -OCH3 is 1. The fourth-order valence-electron chi connectivity index (χ4n) is 2.89. The first-order chi connectivity index (χ1) is 14.4. The summed E-state index contributed by atoms with van der Waals surface area (Å²) in [7, 11) is 1.48. The average Bonchev–Trinajstić information content (AvgIpc) is 2.72. The highest BCUT2D eigenvalue weighted by molar-refractivity contribution is 5.86. The van der Waals surface area contributed by atoms with Gasteiger partial charge < -0.3 is 9.84 Å². The van der Waals surface area contributed by atoms with Gasteiger partial charge in [-0.25, -0.2) is 18.3 Å². The zero-order valence-electron chi connectivity index (χ0n) is 16.1. The molecule has 2 aromatic carbocycles. The van der Waals surface area contributed by atoms with Crippen molar-refractivity contribution in [1.82, 2.24) is 9.78 Å². The summed E-state index contributed by atoms with van der Waals surface area (Å²) in [6.45, 7) is 0.453. The number of ether oxygens (including phenoxy) is 1. The summed E-state index contributed by atoms with van der Waals surface area (Å²) < 4.78 is 32.8. The highest BCUT2D eigenvalue weighted by Gasteiger charge is 2.15. The van der Waals surface area contributed by atoms with E-state index in [4.69, 9.17) is 4.74 Å². The number of amides is 1. The first-order valence-electron chi connectivity index (χ1n) is 9.01.